The van der Waals surface area contributed by atoms with Crippen molar-refractivity contribution < 1.29 is 9.59 Å². The quantitative estimate of drug-likeness (QED) is 0.916. The van der Waals surface area contributed by atoms with Gasteiger partial charge in [-0.2, -0.15) is 0 Å². The Kier molecular flexibility index (Phi) is 4.42. The highest BCUT2D eigenvalue weighted by molar-refractivity contribution is 5.97. The SMILES string of the molecule is CCc1ccccc1NC(=O)[C@@H]1CC(=O)N(C(C)C)C1. The number of nitrogens with one attached hydrogen (secondary N) is 1. The van der Waals surface area contributed by atoms with Gasteiger partial charge in [0.1, 0.15) is 0 Å². The topological polar surface area (TPSA) is 49.4 Å². The molecule has 1 saturated heterocycles. The van der Waals surface area contributed by atoms with Crippen LogP contribution in [0.3, 0.4) is 0 Å². The lowest BCUT2D eigenvalue weighted by Crippen LogP contribution is -2.33. The van der Waals surface area contributed by atoms with Gasteiger partial charge in [-0.15, -0.1) is 0 Å². The lowest BCUT2D eigenvalue weighted by atomic mass is 10.1. The number of hydrogen-bond acceptors (Lipinski definition) is 2. The Morgan fingerprint density at radius 1 is 1.40 bits per heavy atom. The zero-order chi connectivity index (χ0) is 14.7. The van der Waals surface area contributed by atoms with Gasteiger partial charge in [0.15, 0.2) is 0 Å². The maximum Gasteiger partial charge on any atom is 0.229 e. The summed E-state index contributed by atoms with van der Waals surface area (Å²) in [5.41, 5.74) is 1.97. The Morgan fingerprint density at radius 2 is 2.10 bits per heavy atom. The summed E-state index contributed by atoms with van der Waals surface area (Å²) in [6.45, 7) is 6.54. The van der Waals surface area contributed by atoms with Gasteiger partial charge >= 0.3 is 0 Å². The van der Waals surface area contributed by atoms with Crippen LogP contribution in [-0.4, -0.2) is 29.3 Å². The summed E-state index contributed by atoms with van der Waals surface area (Å²) in [7, 11) is 0. The molecule has 0 aliphatic carbocycles. The minimum Gasteiger partial charge on any atom is -0.339 e. The fourth-order valence-electron chi connectivity index (χ4n) is 2.59. The molecule has 0 aromatic heterocycles. The van der Waals surface area contributed by atoms with Crippen molar-refractivity contribution in [1.29, 1.82) is 0 Å². The molecule has 2 rings (SSSR count). The summed E-state index contributed by atoms with van der Waals surface area (Å²) >= 11 is 0. The average molecular weight is 274 g/mol. The van der Waals surface area contributed by atoms with E-state index in [-0.39, 0.29) is 23.8 Å². The van der Waals surface area contributed by atoms with Gasteiger partial charge in [-0.1, -0.05) is 25.1 Å². The van der Waals surface area contributed by atoms with Crippen molar-refractivity contribution in [3.8, 4) is 0 Å². The molecule has 0 radical (unpaired) electrons. The van der Waals surface area contributed by atoms with Gasteiger partial charge in [-0.25, -0.2) is 0 Å². The van der Waals surface area contributed by atoms with Gasteiger partial charge in [0.2, 0.25) is 11.8 Å². The number of benzene rings is 1. The predicted octanol–water partition coefficient (Wildman–Crippen LogP) is 2.44. The van der Waals surface area contributed by atoms with E-state index in [1.807, 2.05) is 38.1 Å². The Morgan fingerprint density at radius 3 is 2.70 bits per heavy atom. The Hall–Kier alpha value is -1.84. The van der Waals surface area contributed by atoms with Crippen LogP contribution in [0, 0.1) is 5.92 Å². The largest absolute Gasteiger partial charge is 0.339 e. The zero-order valence-electron chi connectivity index (χ0n) is 12.3. The Bertz CT molecular complexity index is 511. The summed E-state index contributed by atoms with van der Waals surface area (Å²) in [6.07, 6.45) is 1.19. The fraction of sp³-hybridized carbons (Fsp3) is 0.500. The molecule has 1 aromatic rings. The molecule has 1 fully saturated rings. The first-order valence-corrected chi connectivity index (χ1v) is 7.21. The molecule has 108 valence electrons. The standard InChI is InChI=1S/C16H22N2O2/c1-4-12-7-5-6-8-14(12)17-16(20)13-9-15(19)18(10-13)11(2)3/h5-8,11,13H,4,9-10H2,1-3H3,(H,17,20)/t13-/m1/s1. The van der Waals surface area contributed by atoms with E-state index < -0.39 is 0 Å². The van der Waals surface area contributed by atoms with Crippen molar-refractivity contribution in [3.63, 3.8) is 0 Å². The third-order valence-electron chi connectivity index (χ3n) is 3.81. The number of likely N-dealkylation sites (tertiary alicyclic amines) is 1. The van der Waals surface area contributed by atoms with E-state index in [0.717, 1.165) is 17.7 Å². The first kappa shape index (κ1) is 14.6. The molecule has 4 nitrogen and oxygen atoms in total. The van der Waals surface area contributed by atoms with E-state index in [9.17, 15) is 9.59 Å². The van der Waals surface area contributed by atoms with Gasteiger partial charge < -0.3 is 10.2 Å². The van der Waals surface area contributed by atoms with Crippen LogP contribution < -0.4 is 5.32 Å². The van der Waals surface area contributed by atoms with Gasteiger partial charge in [-0.05, 0) is 31.9 Å². The summed E-state index contributed by atoms with van der Waals surface area (Å²) in [5, 5.41) is 2.97. The minimum absolute atomic E-state index is 0.0533. The molecular weight excluding hydrogens is 252 g/mol. The lowest BCUT2D eigenvalue weighted by Gasteiger charge is -2.20. The van der Waals surface area contributed by atoms with Crippen LogP contribution in [0.25, 0.3) is 0 Å². The molecule has 1 aromatic carbocycles. The second-order valence-electron chi connectivity index (χ2n) is 5.54. The molecular formula is C16H22N2O2. The molecule has 2 amide bonds. The molecule has 0 saturated carbocycles. The fourth-order valence-corrected chi connectivity index (χ4v) is 2.59. The number of hydrogen-bond donors (Lipinski definition) is 1. The third-order valence-corrected chi connectivity index (χ3v) is 3.81. The first-order valence-electron chi connectivity index (χ1n) is 7.21. The highest BCUT2D eigenvalue weighted by Gasteiger charge is 2.35. The number of carbonyl (C=O) groups is 2. The second-order valence-corrected chi connectivity index (χ2v) is 5.54. The van der Waals surface area contributed by atoms with Gasteiger partial charge in [0.05, 0.1) is 5.92 Å². The summed E-state index contributed by atoms with van der Waals surface area (Å²) < 4.78 is 0. The van der Waals surface area contributed by atoms with Crippen LogP contribution >= 0.6 is 0 Å². The highest BCUT2D eigenvalue weighted by Crippen LogP contribution is 2.23. The average Bonchev–Trinajstić information content (AvgIpc) is 2.81. The van der Waals surface area contributed by atoms with Crippen molar-refractivity contribution in [3.05, 3.63) is 29.8 Å². The summed E-state index contributed by atoms with van der Waals surface area (Å²) in [4.78, 5) is 25.9. The first-order chi connectivity index (χ1) is 9.52. The lowest BCUT2D eigenvalue weighted by molar-refractivity contribution is -0.129. The molecule has 0 spiro atoms. The molecule has 1 atom stereocenters. The minimum atomic E-state index is -0.241. The molecule has 1 heterocycles. The number of amides is 2. The van der Waals surface area contributed by atoms with E-state index in [0.29, 0.717) is 13.0 Å². The maximum absolute atomic E-state index is 12.3. The number of aryl methyl sites for hydroxylation is 1. The van der Waals surface area contributed by atoms with Gasteiger partial charge in [0, 0.05) is 24.7 Å². The van der Waals surface area contributed by atoms with E-state index >= 15 is 0 Å². The molecule has 1 aliphatic heterocycles. The van der Waals surface area contributed by atoms with Crippen molar-refractivity contribution in [2.45, 2.75) is 39.7 Å². The van der Waals surface area contributed by atoms with Crippen LogP contribution in [0.4, 0.5) is 5.69 Å². The van der Waals surface area contributed by atoms with E-state index in [1.165, 1.54) is 0 Å². The number of rotatable bonds is 4. The van der Waals surface area contributed by atoms with E-state index in [2.05, 4.69) is 12.2 Å². The van der Waals surface area contributed by atoms with Crippen LogP contribution in [0.15, 0.2) is 24.3 Å². The number of para-hydroxylation sites is 1. The molecule has 0 bridgehead atoms. The highest BCUT2D eigenvalue weighted by atomic mass is 16.2. The normalized spacial score (nSPS) is 18.7. The van der Waals surface area contributed by atoms with Gasteiger partial charge in [0.25, 0.3) is 0 Å². The van der Waals surface area contributed by atoms with Gasteiger partial charge in [-0.3, -0.25) is 9.59 Å². The molecule has 1 N–H and O–H groups in total. The maximum atomic E-state index is 12.3. The Balaban J connectivity index is 2.04. The monoisotopic (exact) mass is 274 g/mol. The van der Waals surface area contributed by atoms with Crippen LogP contribution in [0.2, 0.25) is 0 Å². The predicted molar refractivity (Wildman–Crippen MR) is 79.4 cm³/mol. The van der Waals surface area contributed by atoms with E-state index in [4.69, 9.17) is 0 Å². The van der Waals surface area contributed by atoms with Crippen LogP contribution in [0.5, 0.6) is 0 Å². The number of anilines is 1. The summed E-state index contributed by atoms with van der Waals surface area (Å²) in [5.74, 6) is -0.221. The van der Waals surface area contributed by atoms with Crippen molar-refractivity contribution in [2.24, 2.45) is 5.92 Å². The van der Waals surface area contributed by atoms with Crippen molar-refractivity contribution in [2.75, 3.05) is 11.9 Å². The summed E-state index contributed by atoms with van der Waals surface area (Å²) in [6, 6.07) is 7.95. The van der Waals surface area contributed by atoms with Crippen molar-refractivity contribution >= 4 is 17.5 Å². The zero-order valence-corrected chi connectivity index (χ0v) is 12.3. The smallest absolute Gasteiger partial charge is 0.229 e. The molecule has 1 aliphatic rings. The Labute approximate surface area is 120 Å². The third kappa shape index (κ3) is 3.00. The van der Waals surface area contributed by atoms with Crippen LogP contribution in [-0.2, 0) is 16.0 Å². The number of nitrogens with zero attached hydrogens (tertiary/aromatic N) is 1. The second kappa shape index (κ2) is 6.07. The number of carbonyl (C=O) groups excluding carboxylic acids is 2. The molecule has 0 unspecified atom stereocenters. The van der Waals surface area contributed by atoms with Crippen LogP contribution in [0.1, 0.15) is 32.8 Å². The molecule has 20 heavy (non-hydrogen) atoms. The van der Waals surface area contributed by atoms with E-state index in [1.54, 1.807) is 4.90 Å². The van der Waals surface area contributed by atoms with Crippen molar-refractivity contribution in [1.82, 2.24) is 4.90 Å². The molecule has 4 heteroatoms.